The number of amides is 1. The molecule has 2 rings (SSSR count). The van der Waals surface area contributed by atoms with Crippen molar-refractivity contribution in [3.05, 3.63) is 65.5 Å². The summed E-state index contributed by atoms with van der Waals surface area (Å²) in [4.78, 5) is 11.7. The zero-order valence-corrected chi connectivity index (χ0v) is 11.9. The van der Waals surface area contributed by atoms with Crippen molar-refractivity contribution in [3.63, 3.8) is 0 Å². The van der Waals surface area contributed by atoms with Gasteiger partial charge in [-0.1, -0.05) is 0 Å². The molecule has 2 aromatic carbocycles. The van der Waals surface area contributed by atoms with Crippen LogP contribution < -0.4 is 10.1 Å². The highest BCUT2D eigenvalue weighted by Crippen LogP contribution is 2.15. The van der Waals surface area contributed by atoms with E-state index in [1.165, 1.54) is 18.2 Å². The van der Waals surface area contributed by atoms with Gasteiger partial charge >= 0.3 is 0 Å². The van der Waals surface area contributed by atoms with Crippen LogP contribution in [-0.4, -0.2) is 30.3 Å². The minimum atomic E-state index is -1.05. The molecule has 0 aliphatic carbocycles. The highest BCUT2D eigenvalue weighted by Gasteiger charge is 2.11. The summed E-state index contributed by atoms with van der Waals surface area (Å²) in [6, 6.07) is 7.92. The number of hydrogen-bond donors (Lipinski definition) is 2. The average Bonchev–Trinajstić information content (AvgIpc) is 2.54. The summed E-state index contributed by atoms with van der Waals surface area (Å²) in [5.74, 6) is -2.92. The zero-order valence-electron chi connectivity index (χ0n) is 11.9. The van der Waals surface area contributed by atoms with Gasteiger partial charge in [-0.05, 0) is 36.4 Å². The van der Waals surface area contributed by atoms with Crippen molar-refractivity contribution in [1.82, 2.24) is 5.32 Å². The first-order valence-corrected chi connectivity index (χ1v) is 6.75. The van der Waals surface area contributed by atoms with Crippen LogP contribution in [0.4, 0.5) is 13.2 Å². The van der Waals surface area contributed by atoms with Crippen molar-refractivity contribution in [3.8, 4) is 5.75 Å². The first-order valence-electron chi connectivity index (χ1n) is 6.75. The first kappa shape index (κ1) is 16.8. The molecule has 7 heteroatoms. The fourth-order valence-electron chi connectivity index (χ4n) is 1.73. The van der Waals surface area contributed by atoms with Gasteiger partial charge in [0.1, 0.15) is 24.3 Å². The molecule has 0 saturated heterocycles. The van der Waals surface area contributed by atoms with Crippen LogP contribution in [0.3, 0.4) is 0 Å². The molecule has 0 aromatic heterocycles. The molecule has 0 bridgehead atoms. The number of rotatable bonds is 6. The second-order valence-electron chi connectivity index (χ2n) is 4.76. The molecule has 23 heavy (non-hydrogen) atoms. The van der Waals surface area contributed by atoms with Crippen LogP contribution in [0.5, 0.6) is 5.75 Å². The van der Waals surface area contributed by atoms with Gasteiger partial charge in [0.05, 0.1) is 0 Å². The molecule has 0 aliphatic rings. The normalized spacial score (nSPS) is 11.8. The standard InChI is InChI=1S/C16H14F3NO3/c17-11-3-1-10(2-4-11)16(22)20-8-12(21)9-23-13-5-6-14(18)15(19)7-13/h1-7,12,21H,8-9H2,(H,20,22). The number of aliphatic hydroxyl groups is 1. The lowest BCUT2D eigenvalue weighted by Gasteiger charge is -2.13. The van der Waals surface area contributed by atoms with Crippen LogP contribution in [0.2, 0.25) is 0 Å². The number of carbonyl (C=O) groups excluding carboxylic acids is 1. The molecule has 4 nitrogen and oxygen atoms in total. The molecule has 0 heterocycles. The van der Waals surface area contributed by atoms with Crippen molar-refractivity contribution in [2.45, 2.75) is 6.10 Å². The molecule has 1 atom stereocenters. The number of ether oxygens (including phenoxy) is 1. The Bertz CT molecular complexity index is 677. The highest BCUT2D eigenvalue weighted by atomic mass is 19.2. The third-order valence-corrected chi connectivity index (χ3v) is 2.94. The molecule has 1 amide bonds. The van der Waals surface area contributed by atoms with E-state index in [0.717, 1.165) is 24.3 Å². The Morgan fingerprint density at radius 2 is 1.78 bits per heavy atom. The van der Waals surface area contributed by atoms with Gasteiger partial charge in [0.25, 0.3) is 5.91 Å². The summed E-state index contributed by atoms with van der Waals surface area (Å²) in [5, 5.41) is 12.2. The van der Waals surface area contributed by atoms with E-state index in [1.807, 2.05) is 0 Å². The summed E-state index contributed by atoms with van der Waals surface area (Å²) in [6.45, 7) is -0.325. The van der Waals surface area contributed by atoms with Crippen LogP contribution in [0.1, 0.15) is 10.4 Å². The topological polar surface area (TPSA) is 58.6 Å². The number of aliphatic hydroxyl groups excluding tert-OH is 1. The number of halogens is 3. The second kappa shape index (κ2) is 7.64. The quantitative estimate of drug-likeness (QED) is 0.857. The summed E-state index contributed by atoms with van der Waals surface area (Å²) in [6.07, 6.45) is -1.05. The van der Waals surface area contributed by atoms with Gasteiger partial charge in [-0.15, -0.1) is 0 Å². The van der Waals surface area contributed by atoms with Gasteiger partial charge in [-0.2, -0.15) is 0 Å². The molecule has 0 radical (unpaired) electrons. The minimum Gasteiger partial charge on any atom is -0.491 e. The van der Waals surface area contributed by atoms with Gasteiger partial charge in [0, 0.05) is 18.2 Å². The van der Waals surface area contributed by atoms with Crippen molar-refractivity contribution >= 4 is 5.91 Å². The van der Waals surface area contributed by atoms with Crippen molar-refractivity contribution in [2.24, 2.45) is 0 Å². The average molecular weight is 325 g/mol. The molecule has 0 spiro atoms. The predicted molar refractivity (Wildman–Crippen MR) is 76.6 cm³/mol. The predicted octanol–water partition coefficient (Wildman–Crippen LogP) is 2.27. The third kappa shape index (κ3) is 5.00. The van der Waals surface area contributed by atoms with E-state index in [-0.39, 0.29) is 24.5 Å². The first-order chi connectivity index (χ1) is 11.0. The largest absolute Gasteiger partial charge is 0.491 e. The summed E-state index contributed by atoms with van der Waals surface area (Å²) >= 11 is 0. The van der Waals surface area contributed by atoms with Crippen LogP contribution in [0, 0.1) is 17.5 Å². The van der Waals surface area contributed by atoms with Crippen LogP contribution in [-0.2, 0) is 0 Å². The van der Waals surface area contributed by atoms with Crippen LogP contribution in [0.25, 0.3) is 0 Å². The van der Waals surface area contributed by atoms with Gasteiger partial charge in [-0.25, -0.2) is 13.2 Å². The smallest absolute Gasteiger partial charge is 0.251 e. The molecule has 0 saturated carbocycles. The monoisotopic (exact) mass is 325 g/mol. The minimum absolute atomic E-state index is 0.0628. The zero-order chi connectivity index (χ0) is 16.8. The van der Waals surface area contributed by atoms with E-state index in [1.54, 1.807) is 0 Å². The number of nitrogens with one attached hydrogen (secondary N) is 1. The Morgan fingerprint density at radius 3 is 2.43 bits per heavy atom. The maximum Gasteiger partial charge on any atom is 0.251 e. The van der Waals surface area contributed by atoms with Gasteiger partial charge < -0.3 is 15.2 Å². The molecule has 0 aliphatic heterocycles. The van der Waals surface area contributed by atoms with E-state index in [2.05, 4.69) is 5.32 Å². The maximum absolute atomic E-state index is 13.0. The van der Waals surface area contributed by atoms with E-state index in [9.17, 15) is 23.1 Å². The summed E-state index contributed by atoms with van der Waals surface area (Å²) < 4.78 is 43.6. The fraction of sp³-hybridized carbons (Fsp3) is 0.188. The number of benzene rings is 2. The van der Waals surface area contributed by atoms with Crippen molar-refractivity contribution in [1.29, 1.82) is 0 Å². The Labute approximate surface area is 130 Å². The summed E-state index contributed by atoms with van der Waals surface area (Å²) in [7, 11) is 0. The molecule has 0 fully saturated rings. The van der Waals surface area contributed by atoms with Gasteiger partial charge in [0.2, 0.25) is 0 Å². The lowest BCUT2D eigenvalue weighted by atomic mass is 10.2. The molecule has 2 aromatic rings. The Balaban J connectivity index is 1.78. The number of carbonyl (C=O) groups is 1. The molecular formula is C16H14F3NO3. The lowest BCUT2D eigenvalue weighted by molar-refractivity contribution is 0.0843. The maximum atomic E-state index is 13.0. The highest BCUT2D eigenvalue weighted by molar-refractivity contribution is 5.94. The Hall–Kier alpha value is -2.54. The summed E-state index contributed by atoms with van der Waals surface area (Å²) in [5.41, 5.74) is 0.250. The Morgan fingerprint density at radius 1 is 1.09 bits per heavy atom. The molecule has 122 valence electrons. The SMILES string of the molecule is O=C(NCC(O)COc1ccc(F)c(F)c1)c1ccc(F)cc1. The number of hydrogen-bond acceptors (Lipinski definition) is 3. The van der Waals surface area contributed by atoms with Gasteiger partial charge in [0.15, 0.2) is 11.6 Å². The van der Waals surface area contributed by atoms with E-state index in [0.29, 0.717) is 0 Å². The van der Waals surface area contributed by atoms with Crippen LogP contribution in [0.15, 0.2) is 42.5 Å². The van der Waals surface area contributed by atoms with Crippen molar-refractivity contribution < 1.29 is 27.8 Å². The van der Waals surface area contributed by atoms with Crippen LogP contribution >= 0.6 is 0 Å². The molecular weight excluding hydrogens is 311 g/mol. The van der Waals surface area contributed by atoms with E-state index in [4.69, 9.17) is 4.74 Å². The van der Waals surface area contributed by atoms with E-state index < -0.39 is 29.5 Å². The fourth-order valence-corrected chi connectivity index (χ4v) is 1.73. The van der Waals surface area contributed by atoms with Crippen molar-refractivity contribution in [2.75, 3.05) is 13.2 Å². The van der Waals surface area contributed by atoms with E-state index >= 15 is 0 Å². The molecule has 2 N–H and O–H groups in total. The Kier molecular flexibility index (Phi) is 5.59. The molecule has 1 unspecified atom stereocenters. The second-order valence-corrected chi connectivity index (χ2v) is 4.76. The lowest BCUT2D eigenvalue weighted by Crippen LogP contribution is -2.35. The van der Waals surface area contributed by atoms with Gasteiger partial charge in [-0.3, -0.25) is 4.79 Å². The third-order valence-electron chi connectivity index (χ3n) is 2.94.